The minimum absolute atomic E-state index is 0.139. The summed E-state index contributed by atoms with van der Waals surface area (Å²) in [6.45, 7) is 8.26. The van der Waals surface area contributed by atoms with Gasteiger partial charge in [-0.1, -0.05) is 20.8 Å². The highest BCUT2D eigenvalue weighted by Gasteiger charge is 3.01. The van der Waals surface area contributed by atoms with Crippen LogP contribution in [0.3, 0.4) is 0 Å². The molecule has 4 saturated carbocycles. The molecule has 6 atom stereocenters. The lowest BCUT2D eigenvalue weighted by Gasteiger charge is -2.94. The number of rotatable bonds is 5. The number of hydrogen-bond donors (Lipinski definition) is 2. The third-order valence-corrected chi connectivity index (χ3v) is 7.54. The van der Waals surface area contributed by atoms with Crippen LogP contribution < -0.4 is 0 Å². The second-order valence-electron chi connectivity index (χ2n) is 9.23. The lowest BCUT2D eigenvalue weighted by molar-refractivity contribution is -0.549. The molecule has 4 rings (SSSR count). The van der Waals surface area contributed by atoms with Crippen LogP contribution in [0.2, 0.25) is 0 Å². The first kappa shape index (κ1) is 14.9. The molecule has 4 heteroatoms. The van der Waals surface area contributed by atoms with Crippen molar-refractivity contribution in [3.8, 4) is 0 Å². The summed E-state index contributed by atoms with van der Waals surface area (Å²) in [5, 5.41) is 21.3. The third kappa shape index (κ3) is 1.22. The summed E-state index contributed by atoms with van der Waals surface area (Å²) in [6.07, 6.45) is 4.14. The van der Waals surface area contributed by atoms with E-state index in [1.807, 2.05) is 13.8 Å². The van der Waals surface area contributed by atoms with Gasteiger partial charge < -0.3 is 14.9 Å². The van der Waals surface area contributed by atoms with Crippen LogP contribution in [0.4, 0.5) is 0 Å². The summed E-state index contributed by atoms with van der Waals surface area (Å²) in [6, 6.07) is 0. The van der Waals surface area contributed by atoms with Crippen LogP contribution in [-0.4, -0.2) is 33.0 Å². The number of aliphatic hydroxyl groups is 2. The van der Waals surface area contributed by atoms with E-state index in [1.165, 1.54) is 0 Å². The van der Waals surface area contributed by atoms with Crippen LogP contribution in [0.15, 0.2) is 0 Å². The highest BCUT2D eigenvalue weighted by atomic mass is 16.6. The van der Waals surface area contributed by atoms with Crippen molar-refractivity contribution < 1.29 is 19.7 Å². The van der Waals surface area contributed by atoms with E-state index in [-0.39, 0.29) is 5.97 Å². The molecule has 4 fully saturated rings. The van der Waals surface area contributed by atoms with Crippen molar-refractivity contribution in [2.24, 2.45) is 22.7 Å². The van der Waals surface area contributed by atoms with Crippen LogP contribution >= 0.6 is 0 Å². The topological polar surface area (TPSA) is 66.8 Å². The predicted molar refractivity (Wildman–Crippen MR) is 81.0 cm³/mol. The average molecular weight is 308 g/mol. The molecule has 0 aromatic carbocycles. The van der Waals surface area contributed by atoms with Crippen LogP contribution in [0, 0.1) is 22.7 Å². The van der Waals surface area contributed by atoms with Gasteiger partial charge in [0, 0.05) is 12.8 Å². The Morgan fingerprint density at radius 2 is 1.95 bits per heavy atom. The standard InChI is InChI=1S/C18H28O4/c1-5-14(4,6-11(2)3)13(19)22-17-8-12-7-15(20)9-16(21,10-17)18(12,15)17/h11-12,20-21H,5-10H2,1-4H3. The van der Waals surface area contributed by atoms with Crippen LogP contribution in [0.25, 0.3) is 0 Å². The lowest BCUT2D eigenvalue weighted by atomic mass is 9.13. The molecule has 0 heterocycles. The Balaban J connectivity index is 1.55. The summed E-state index contributed by atoms with van der Waals surface area (Å²) < 4.78 is 6.03. The van der Waals surface area contributed by atoms with Gasteiger partial charge in [0.15, 0.2) is 0 Å². The Labute approximate surface area is 132 Å². The van der Waals surface area contributed by atoms with Gasteiger partial charge in [0.2, 0.25) is 0 Å². The molecule has 6 unspecified atom stereocenters. The predicted octanol–water partition coefficient (Wildman–Crippen LogP) is 2.41. The molecule has 22 heavy (non-hydrogen) atoms. The van der Waals surface area contributed by atoms with Gasteiger partial charge in [-0.2, -0.15) is 0 Å². The lowest BCUT2D eigenvalue weighted by Crippen LogP contribution is -3.03. The maximum absolute atomic E-state index is 12.8. The number of carbonyl (C=O) groups is 1. The number of ether oxygens (including phenoxy) is 1. The molecule has 1 spiro atoms. The van der Waals surface area contributed by atoms with Crippen molar-refractivity contribution in [3.05, 3.63) is 0 Å². The molecule has 0 aromatic rings. The zero-order valence-corrected chi connectivity index (χ0v) is 14.1. The van der Waals surface area contributed by atoms with E-state index in [0.717, 1.165) is 25.7 Å². The van der Waals surface area contributed by atoms with Gasteiger partial charge in [0.05, 0.1) is 22.0 Å². The average Bonchev–Trinajstić information content (AvgIpc) is 2.32. The molecule has 124 valence electrons. The van der Waals surface area contributed by atoms with E-state index < -0.39 is 27.6 Å². The van der Waals surface area contributed by atoms with Gasteiger partial charge in [0.1, 0.15) is 5.60 Å². The molecule has 0 saturated heterocycles. The van der Waals surface area contributed by atoms with Crippen LogP contribution in [0.1, 0.15) is 66.2 Å². The van der Waals surface area contributed by atoms with E-state index >= 15 is 0 Å². The molecule has 0 aromatic heterocycles. The highest BCUT2D eigenvalue weighted by Crippen LogP contribution is 2.92. The van der Waals surface area contributed by atoms with Crippen molar-refractivity contribution in [2.45, 2.75) is 83.0 Å². The van der Waals surface area contributed by atoms with Crippen LogP contribution in [-0.2, 0) is 9.53 Å². The first-order valence-electron chi connectivity index (χ1n) is 8.76. The molecule has 0 amide bonds. The van der Waals surface area contributed by atoms with Crippen molar-refractivity contribution in [1.29, 1.82) is 0 Å². The van der Waals surface area contributed by atoms with Crippen LogP contribution in [0.5, 0.6) is 0 Å². The molecule has 4 nitrogen and oxygen atoms in total. The number of hydrogen-bond acceptors (Lipinski definition) is 4. The summed E-state index contributed by atoms with van der Waals surface area (Å²) in [5.74, 6) is 0.639. The van der Waals surface area contributed by atoms with Gasteiger partial charge >= 0.3 is 5.97 Å². The van der Waals surface area contributed by atoms with Gasteiger partial charge in [0.25, 0.3) is 0 Å². The Morgan fingerprint density at radius 1 is 1.27 bits per heavy atom. The van der Waals surface area contributed by atoms with Gasteiger partial charge in [-0.25, -0.2) is 0 Å². The largest absolute Gasteiger partial charge is 0.458 e. The zero-order valence-electron chi connectivity index (χ0n) is 14.1. The third-order valence-electron chi connectivity index (χ3n) is 7.54. The molecular formula is C18H28O4. The maximum Gasteiger partial charge on any atom is 0.312 e. The SMILES string of the molecule is CCC(C)(CC(C)C)C(=O)OC12CC3CC4(O)CC(O)(C1)C342. The minimum Gasteiger partial charge on any atom is -0.458 e. The summed E-state index contributed by atoms with van der Waals surface area (Å²) in [7, 11) is 0. The van der Waals surface area contributed by atoms with E-state index in [2.05, 4.69) is 13.8 Å². The highest BCUT2D eigenvalue weighted by molar-refractivity contribution is 5.78. The molecule has 4 aliphatic carbocycles. The normalized spacial score (nSPS) is 53.0. The number of esters is 1. The fourth-order valence-corrected chi connectivity index (χ4v) is 6.90. The minimum atomic E-state index is -0.774. The molecule has 0 radical (unpaired) electrons. The molecule has 0 bridgehead atoms. The van der Waals surface area contributed by atoms with E-state index in [0.29, 0.717) is 24.7 Å². The monoisotopic (exact) mass is 308 g/mol. The fourth-order valence-electron chi connectivity index (χ4n) is 6.90. The van der Waals surface area contributed by atoms with Crippen molar-refractivity contribution >= 4 is 5.97 Å². The molecule has 0 aliphatic heterocycles. The first-order chi connectivity index (χ1) is 10.1. The molecular weight excluding hydrogens is 280 g/mol. The first-order valence-corrected chi connectivity index (χ1v) is 8.76. The zero-order chi connectivity index (χ0) is 16.2. The quantitative estimate of drug-likeness (QED) is 0.765. The Bertz CT molecular complexity index is 549. The van der Waals surface area contributed by atoms with Crippen molar-refractivity contribution in [2.75, 3.05) is 0 Å². The second-order valence-corrected chi connectivity index (χ2v) is 9.23. The Kier molecular flexibility index (Phi) is 2.53. The van der Waals surface area contributed by atoms with Gasteiger partial charge in [-0.15, -0.1) is 0 Å². The smallest absolute Gasteiger partial charge is 0.312 e. The summed E-state index contributed by atoms with van der Waals surface area (Å²) in [5.41, 5.74) is -3.12. The maximum atomic E-state index is 12.8. The van der Waals surface area contributed by atoms with Gasteiger partial charge in [-0.3, -0.25) is 4.79 Å². The number of carbonyl (C=O) groups excluding carboxylic acids is 1. The second kappa shape index (κ2) is 3.72. The summed E-state index contributed by atoms with van der Waals surface area (Å²) >= 11 is 0. The van der Waals surface area contributed by atoms with E-state index in [1.54, 1.807) is 0 Å². The summed E-state index contributed by atoms with van der Waals surface area (Å²) in [4.78, 5) is 12.8. The fraction of sp³-hybridized carbons (Fsp3) is 0.944. The van der Waals surface area contributed by atoms with E-state index in [9.17, 15) is 15.0 Å². The van der Waals surface area contributed by atoms with Crippen molar-refractivity contribution in [1.82, 2.24) is 0 Å². The Hall–Kier alpha value is -0.610. The Morgan fingerprint density at radius 3 is 2.41 bits per heavy atom. The van der Waals surface area contributed by atoms with Crippen molar-refractivity contribution in [3.63, 3.8) is 0 Å². The van der Waals surface area contributed by atoms with E-state index in [4.69, 9.17) is 4.74 Å². The molecule has 2 N–H and O–H groups in total. The van der Waals surface area contributed by atoms with Gasteiger partial charge in [-0.05, 0) is 44.4 Å². The molecule has 4 aliphatic rings.